The zero-order valence-corrected chi connectivity index (χ0v) is 14.8. The van der Waals surface area contributed by atoms with Crippen molar-refractivity contribution in [3.8, 4) is 0 Å². The van der Waals surface area contributed by atoms with Crippen LogP contribution < -0.4 is 5.32 Å². The molecule has 106 valence electrons. The van der Waals surface area contributed by atoms with E-state index in [9.17, 15) is 4.79 Å². The molecular weight excluding hydrogens is 374 g/mol. The van der Waals surface area contributed by atoms with Crippen LogP contribution in [0.2, 0.25) is 0 Å². The minimum atomic E-state index is -0.347. The number of hydrogen-bond acceptors (Lipinski definition) is 3. The maximum absolute atomic E-state index is 11.8. The number of esters is 1. The monoisotopic (exact) mass is 391 g/mol. The Kier molecular flexibility index (Phi) is 5.86. The molecule has 0 amide bonds. The fourth-order valence-corrected chi connectivity index (χ4v) is 2.95. The second kappa shape index (κ2) is 6.75. The van der Waals surface area contributed by atoms with E-state index in [1.54, 1.807) is 6.07 Å². The molecule has 0 aromatic heterocycles. The Hall–Kier alpha value is -0.550. The van der Waals surface area contributed by atoms with Gasteiger partial charge in [-0.05, 0) is 39.9 Å². The largest absolute Gasteiger partial charge is 0.465 e. The number of anilines is 1. The van der Waals surface area contributed by atoms with Gasteiger partial charge in [0.05, 0.1) is 18.4 Å². The molecule has 5 heteroatoms. The van der Waals surface area contributed by atoms with Crippen LogP contribution in [0, 0.1) is 5.41 Å². The zero-order chi connectivity index (χ0) is 14.6. The highest BCUT2D eigenvalue weighted by molar-refractivity contribution is 9.11. The summed E-state index contributed by atoms with van der Waals surface area (Å²) in [6, 6.07) is 3.67. The van der Waals surface area contributed by atoms with Crippen molar-refractivity contribution in [1.29, 1.82) is 0 Å². The van der Waals surface area contributed by atoms with Crippen LogP contribution in [0.3, 0.4) is 0 Å². The first-order valence-corrected chi connectivity index (χ1v) is 7.64. The van der Waals surface area contributed by atoms with E-state index in [-0.39, 0.29) is 11.4 Å². The summed E-state index contributed by atoms with van der Waals surface area (Å²) < 4.78 is 6.49. The Labute approximate surface area is 131 Å². The molecule has 1 rings (SSSR count). The molecule has 0 aliphatic heterocycles. The summed E-state index contributed by atoms with van der Waals surface area (Å²) in [5.74, 6) is -0.347. The molecule has 0 saturated heterocycles. The number of carbonyl (C=O) groups is 1. The standard InChI is InChI=1S/C14H19Br2NO2/c1-14(2,3)5-6-17-12-10(13(18)19-4)7-9(15)8-11(12)16/h7-8,17H,5-6H2,1-4H3. The van der Waals surface area contributed by atoms with E-state index in [1.165, 1.54) is 7.11 Å². The van der Waals surface area contributed by atoms with Crippen LogP contribution >= 0.6 is 31.9 Å². The van der Waals surface area contributed by atoms with Gasteiger partial charge in [0.1, 0.15) is 0 Å². The first kappa shape index (κ1) is 16.5. The molecule has 1 aromatic rings. The van der Waals surface area contributed by atoms with Gasteiger partial charge in [-0.3, -0.25) is 0 Å². The number of ether oxygens (including phenoxy) is 1. The third kappa shape index (κ3) is 5.15. The maximum Gasteiger partial charge on any atom is 0.340 e. The van der Waals surface area contributed by atoms with Crippen LogP contribution in [0.25, 0.3) is 0 Å². The highest BCUT2D eigenvalue weighted by atomic mass is 79.9. The molecular formula is C14H19Br2NO2. The van der Waals surface area contributed by atoms with Crippen LogP contribution in [0.1, 0.15) is 37.6 Å². The van der Waals surface area contributed by atoms with Crippen molar-refractivity contribution in [2.75, 3.05) is 19.0 Å². The molecule has 1 N–H and O–H groups in total. The van der Waals surface area contributed by atoms with Crippen molar-refractivity contribution >= 4 is 43.5 Å². The summed E-state index contributed by atoms with van der Waals surface area (Å²) in [4.78, 5) is 11.8. The van der Waals surface area contributed by atoms with Crippen LogP contribution in [0.15, 0.2) is 21.1 Å². The second-order valence-electron chi connectivity index (χ2n) is 5.54. The van der Waals surface area contributed by atoms with Crippen molar-refractivity contribution in [3.05, 3.63) is 26.6 Å². The van der Waals surface area contributed by atoms with Gasteiger partial charge in [0.25, 0.3) is 0 Å². The molecule has 0 bridgehead atoms. The fourth-order valence-electron chi connectivity index (χ4n) is 1.59. The summed E-state index contributed by atoms with van der Waals surface area (Å²) in [6.45, 7) is 7.36. The summed E-state index contributed by atoms with van der Waals surface area (Å²) in [5.41, 5.74) is 1.55. The molecule has 0 spiro atoms. The third-order valence-electron chi connectivity index (χ3n) is 2.64. The molecule has 0 unspecified atom stereocenters. The van der Waals surface area contributed by atoms with Crippen LogP contribution in [0.5, 0.6) is 0 Å². The molecule has 0 radical (unpaired) electrons. The molecule has 1 aromatic carbocycles. The van der Waals surface area contributed by atoms with Gasteiger partial charge in [0, 0.05) is 15.5 Å². The Morgan fingerprint density at radius 1 is 1.32 bits per heavy atom. The van der Waals surface area contributed by atoms with E-state index in [4.69, 9.17) is 4.74 Å². The van der Waals surface area contributed by atoms with Gasteiger partial charge in [0.2, 0.25) is 0 Å². The van der Waals surface area contributed by atoms with Crippen LogP contribution in [0.4, 0.5) is 5.69 Å². The predicted molar refractivity (Wildman–Crippen MR) is 85.7 cm³/mol. The molecule has 0 aliphatic rings. The number of carbonyl (C=O) groups excluding carboxylic acids is 1. The third-order valence-corrected chi connectivity index (χ3v) is 3.72. The number of rotatable bonds is 4. The van der Waals surface area contributed by atoms with Crippen LogP contribution in [-0.4, -0.2) is 19.6 Å². The van der Waals surface area contributed by atoms with Crippen molar-refractivity contribution in [3.63, 3.8) is 0 Å². The van der Waals surface area contributed by atoms with E-state index in [2.05, 4.69) is 57.9 Å². The van der Waals surface area contributed by atoms with E-state index in [0.29, 0.717) is 5.56 Å². The summed E-state index contributed by atoms with van der Waals surface area (Å²) in [6.07, 6.45) is 1.01. The van der Waals surface area contributed by atoms with Crippen LogP contribution in [-0.2, 0) is 4.74 Å². The number of benzene rings is 1. The fraction of sp³-hybridized carbons (Fsp3) is 0.500. The van der Waals surface area contributed by atoms with Crippen molar-refractivity contribution in [2.24, 2.45) is 5.41 Å². The Morgan fingerprint density at radius 3 is 2.47 bits per heavy atom. The lowest BCUT2D eigenvalue weighted by atomic mass is 9.92. The quantitative estimate of drug-likeness (QED) is 0.744. The summed E-state index contributed by atoms with van der Waals surface area (Å²) in [5, 5.41) is 3.31. The van der Waals surface area contributed by atoms with Gasteiger partial charge in [-0.2, -0.15) is 0 Å². The van der Waals surface area contributed by atoms with Gasteiger partial charge >= 0.3 is 5.97 Å². The number of halogens is 2. The number of hydrogen-bond donors (Lipinski definition) is 1. The summed E-state index contributed by atoms with van der Waals surface area (Å²) in [7, 11) is 1.38. The van der Waals surface area contributed by atoms with Gasteiger partial charge < -0.3 is 10.1 Å². The molecule has 0 aliphatic carbocycles. The van der Waals surface area contributed by atoms with Crippen molar-refractivity contribution in [2.45, 2.75) is 27.2 Å². The Morgan fingerprint density at radius 2 is 1.95 bits per heavy atom. The van der Waals surface area contributed by atoms with E-state index >= 15 is 0 Å². The average Bonchev–Trinajstić information content (AvgIpc) is 2.28. The maximum atomic E-state index is 11.8. The highest BCUT2D eigenvalue weighted by Gasteiger charge is 2.17. The van der Waals surface area contributed by atoms with Crippen molar-refractivity contribution in [1.82, 2.24) is 0 Å². The first-order valence-electron chi connectivity index (χ1n) is 6.06. The highest BCUT2D eigenvalue weighted by Crippen LogP contribution is 2.31. The van der Waals surface area contributed by atoms with Gasteiger partial charge in [-0.1, -0.05) is 36.7 Å². The number of nitrogens with one attached hydrogen (secondary N) is 1. The average molecular weight is 393 g/mol. The van der Waals surface area contributed by atoms with E-state index in [1.807, 2.05) is 6.07 Å². The topological polar surface area (TPSA) is 38.3 Å². The Balaban J connectivity index is 2.95. The molecule has 19 heavy (non-hydrogen) atoms. The minimum absolute atomic E-state index is 0.250. The lowest BCUT2D eigenvalue weighted by Crippen LogP contribution is -2.15. The first-order chi connectivity index (χ1) is 8.74. The molecule has 0 saturated carbocycles. The van der Waals surface area contributed by atoms with E-state index in [0.717, 1.165) is 27.6 Å². The molecule has 3 nitrogen and oxygen atoms in total. The molecule has 0 fully saturated rings. The smallest absolute Gasteiger partial charge is 0.340 e. The molecule has 0 heterocycles. The molecule has 0 atom stereocenters. The SMILES string of the molecule is COC(=O)c1cc(Br)cc(Br)c1NCCC(C)(C)C. The minimum Gasteiger partial charge on any atom is -0.465 e. The lowest BCUT2D eigenvalue weighted by Gasteiger charge is -2.20. The second-order valence-corrected chi connectivity index (χ2v) is 7.31. The van der Waals surface area contributed by atoms with Gasteiger partial charge in [-0.15, -0.1) is 0 Å². The normalized spacial score (nSPS) is 11.3. The Bertz CT molecular complexity index is 467. The lowest BCUT2D eigenvalue weighted by molar-refractivity contribution is 0.0601. The van der Waals surface area contributed by atoms with E-state index < -0.39 is 0 Å². The van der Waals surface area contributed by atoms with Crippen molar-refractivity contribution < 1.29 is 9.53 Å². The zero-order valence-electron chi connectivity index (χ0n) is 11.6. The van der Waals surface area contributed by atoms with Gasteiger partial charge in [0.15, 0.2) is 0 Å². The van der Waals surface area contributed by atoms with Gasteiger partial charge in [-0.25, -0.2) is 4.79 Å². The predicted octanol–water partition coefficient (Wildman–Crippen LogP) is 4.85. The number of methoxy groups -OCH3 is 1. The summed E-state index contributed by atoms with van der Waals surface area (Å²) >= 11 is 6.85.